The van der Waals surface area contributed by atoms with Gasteiger partial charge in [-0.2, -0.15) is 0 Å². The van der Waals surface area contributed by atoms with E-state index in [0.717, 1.165) is 0 Å². The number of rotatable bonds is 6. The molecule has 8 nitrogen and oxygen atoms in total. The van der Waals surface area contributed by atoms with Crippen LogP contribution in [-0.4, -0.2) is 37.0 Å². The lowest BCUT2D eigenvalue weighted by Gasteiger charge is -2.07. The van der Waals surface area contributed by atoms with Crippen molar-refractivity contribution in [3.05, 3.63) is 43.3 Å². The number of carbonyl (C=O) groups is 1. The van der Waals surface area contributed by atoms with Crippen LogP contribution in [0.25, 0.3) is 17.1 Å². The number of aromatic nitrogens is 4. The molecule has 0 aliphatic carbocycles. The van der Waals surface area contributed by atoms with Crippen LogP contribution in [0.1, 0.15) is 17.1 Å². The van der Waals surface area contributed by atoms with Crippen LogP contribution in [0, 0.1) is 0 Å². The molecular weight excluding hydrogens is 288 g/mol. The highest BCUT2D eigenvalue weighted by molar-refractivity contribution is 5.82. The summed E-state index contributed by atoms with van der Waals surface area (Å²) in [6, 6.07) is 0. The number of oxazole rings is 1. The molecule has 0 aliphatic rings. The van der Waals surface area contributed by atoms with E-state index in [9.17, 15) is 4.79 Å². The molecule has 0 saturated carbocycles. The zero-order valence-electron chi connectivity index (χ0n) is 11.5. The van der Waals surface area contributed by atoms with Crippen molar-refractivity contribution < 1.29 is 19.1 Å². The van der Waals surface area contributed by atoms with Gasteiger partial charge in [-0.1, -0.05) is 6.08 Å². The summed E-state index contributed by atoms with van der Waals surface area (Å²) >= 11 is 0. The normalized spacial score (nSPS) is 10.7. The molecule has 3 heterocycles. The third-order valence-corrected chi connectivity index (χ3v) is 2.85. The van der Waals surface area contributed by atoms with E-state index in [0.29, 0.717) is 30.2 Å². The van der Waals surface area contributed by atoms with Gasteiger partial charge in [-0.3, -0.25) is 0 Å². The van der Waals surface area contributed by atoms with Crippen molar-refractivity contribution in [1.29, 1.82) is 0 Å². The Morgan fingerprint density at radius 1 is 1.50 bits per heavy atom. The van der Waals surface area contributed by atoms with Crippen molar-refractivity contribution >= 4 is 11.6 Å². The van der Waals surface area contributed by atoms with Gasteiger partial charge < -0.3 is 18.7 Å². The maximum atomic E-state index is 10.8. The van der Waals surface area contributed by atoms with Crippen molar-refractivity contribution in [3.8, 4) is 17.3 Å². The molecule has 0 spiro atoms. The van der Waals surface area contributed by atoms with Crippen LogP contribution >= 0.6 is 0 Å². The van der Waals surface area contributed by atoms with Crippen molar-refractivity contribution in [2.24, 2.45) is 0 Å². The Balaban J connectivity index is 2.01. The lowest BCUT2D eigenvalue weighted by atomic mass is 10.4. The molecule has 0 atom stereocenters. The summed E-state index contributed by atoms with van der Waals surface area (Å²) in [5, 5.41) is 8.86. The van der Waals surface area contributed by atoms with Gasteiger partial charge in [-0.15, -0.1) is 6.58 Å². The number of carboxylic acids is 1. The van der Waals surface area contributed by atoms with E-state index in [1.807, 2.05) is 0 Å². The van der Waals surface area contributed by atoms with Gasteiger partial charge in [-0.25, -0.2) is 19.7 Å². The molecule has 112 valence electrons. The lowest BCUT2D eigenvalue weighted by Crippen LogP contribution is -2.02. The molecule has 0 saturated heterocycles. The van der Waals surface area contributed by atoms with Crippen LogP contribution in [0.3, 0.4) is 0 Å². The highest BCUT2D eigenvalue weighted by Gasteiger charge is 2.16. The molecule has 3 aromatic rings. The van der Waals surface area contributed by atoms with Gasteiger partial charge in [0.2, 0.25) is 5.65 Å². The number of nitrogens with zero attached hydrogens (tertiary/aromatic N) is 4. The monoisotopic (exact) mass is 300 g/mol. The Hall–Kier alpha value is -3.16. The summed E-state index contributed by atoms with van der Waals surface area (Å²) in [5.74, 6) is -1.06. The van der Waals surface area contributed by atoms with E-state index >= 15 is 0 Å². The van der Waals surface area contributed by atoms with Crippen molar-refractivity contribution in [2.45, 2.75) is 6.42 Å². The summed E-state index contributed by atoms with van der Waals surface area (Å²) < 4.78 is 12.5. The predicted octanol–water partition coefficient (Wildman–Crippen LogP) is 2.04. The summed E-state index contributed by atoms with van der Waals surface area (Å²) in [4.78, 5) is 23.0. The Labute approximate surface area is 124 Å². The number of carboxylic acid groups (broad SMARTS) is 1. The molecule has 0 unspecified atom stereocenters. The third-order valence-electron chi connectivity index (χ3n) is 2.85. The molecule has 3 rings (SSSR count). The Morgan fingerprint density at radius 2 is 2.36 bits per heavy atom. The molecule has 1 N–H and O–H groups in total. The second kappa shape index (κ2) is 5.68. The molecule has 0 aromatic carbocycles. The zero-order valence-corrected chi connectivity index (χ0v) is 11.5. The quantitative estimate of drug-likeness (QED) is 0.548. The molecule has 0 fully saturated rings. The third kappa shape index (κ3) is 2.53. The standard InChI is InChI=1S/C14H12N4O4/c1-2-3-6-21-12-11-15-4-5-18(11)8-9(17-12)10-7-16-13(22-10)14(19)20/h2,4-5,7-8H,1,3,6H2,(H,19,20). The fourth-order valence-corrected chi connectivity index (χ4v) is 1.85. The Morgan fingerprint density at radius 3 is 3.09 bits per heavy atom. The maximum absolute atomic E-state index is 10.8. The average molecular weight is 300 g/mol. The molecule has 0 amide bonds. The minimum Gasteiger partial charge on any atom is -0.475 e. The van der Waals surface area contributed by atoms with Crippen molar-refractivity contribution in [1.82, 2.24) is 19.4 Å². The minimum absolute atomic E-state index is 0.238. The number of hydrogen-bond donors (Lipinski definition) is 1. The van der Waals surface area contributed by atoms with E-state index in [1.54, 1.807) is 29.1 Å². The summed E-state index contributed by atoms with van der Waals surface area (Å²) in [6.45, 7) is 4.04. The highest BCUT2D eigenvalue weighted by atomic mass is 16.5. The summed E-state index contributed by atoms with van der Waals surface area (Å²) in [5.41, 5.74) is 0.963. The number of ether oxygens (including phenoxy) is 1. The zero-order chi connectivity index (χ0) is 15.5. The first kappa shape index (κ1) is 13.8. The van der Waals surface area contributed by atoms with Crippen molar-refractivity contribution in [2.75, 3.05) is 6.61 Å². The molecule has 0 radical (unpaired) electrons. The van der Waals surface area contributed by atoms with Crippen LogP contribution in [0.5, 0.6) is 5.88 Å². The first-order valence-corrected chi connectivity index (χ1v) is 6.46. The van der Waals surface area contributed by atoms with Crippen molar-refractivity contribution in [3.63, 3.8) is 0 Å². The van der Waals surface area contributed by atoms with E-state index in [-0.39, 0.29) is 5.76 Å². The summed E-state index contributed by atoms with van der Waals surface area (Å²) in [6.07, 6.45) is 8.73. The summed E-state index contributed by atoms with van der Waals surface area (Å²) in [7, 11) is 0. The van der Waals surface area contributed by atoms with Crippen LogP contribution in [0.2, 0.25) is 0 Å². The van der Waals surface area contributed by atoms with E-state index in [1.165, 1.54) is 6.20 Å². The van der Waals surface area contributed by atoms with Gasteiger partial charge in [0, 0.05) is 18.6 Å². The first-order valence-electron chi connectivity index (χ1n) is 6.46. The lowest BCUT2D eigenvalue weighted by molar-refractivity contribution is 0.0654. The SMILES string of the molecule is C=CCCOc1nc(-c2cnc(C(=O)O)o2)cn2ccnc12. The van der Waals surface area contributed by atoms with Gasteiger partial charge in [-0.05, 0) is 6.42 Å². The number of hydrogen-bond acceptors (Lipinski definition) is 6. The fraction of sp³-hybridized carbons (Fsp3) is 0.143. The second-order valence-electron chi connectivity index (χ2n) is 4.35. The fourth-order valence-electron chi connectivity index (χ4n) is 1.85. The van der Waals surface area contributed by atoms with E-state index in [2.05, 4.69) is 21.5 Å². The largest absolute Gasteiger partial charge is 0.475 e. The molecular formula is C14H12N4O4. The smallest absolute Gasteiger partial charge is 0.392 e. The number of imidazole rings is 1. The average Bonchev–Trinajstić information content (AvgIpc) is 3.16. The van der Waals surface area contributed by atoms with E-state index < -0.39 is 11.9 Å². The van der Waals surface area contributed by atoms with Gasteiger partial charge in [0.1, 0.15) is 5.69 Å². The number of fused-ring (bicyclic) bond motifs is 1. The Kier molecular flexibility index (Phi) is 3.57. The number of aromatic carboxylic acids is 1. The van der Waals surface area contributed by atoms with Crippen LogP contribution in [-0.2, 0) is 0 Å². The van der Waals surface area contributed by atoms with Gasteiger partial charge in [0.15, 0.2) is 5.76 Å². The molecule has 0 aliphatic heterocycles. The molecule has 8 heteroatoms. The van der Waals surface area contributed by atoms with Gasteiger partial charge >= 0.3 is 11.9 Å². The maximum Gasteiger partial charge on any atom is 0.392 e. The molecule has 0 bridgehead atoms. The Bertz CT molecular complexity index is 836. The molecule has 3 aromatic heterocycles. The topological polar surface area (TPSA) is 103 Å². The van der Waals surface area contributed by atoms with Crippen LogP contribution < -0.4 is 4.74 Å². The van der Waals surface area contributed by atoms with E-state index in [4.69, 9.17) is 14.3 Å². The van der Waals surface area contributed by atoms with Gasteiger partial charge in [0.05, 0.1) is 12.8 Å². The highest BCUT2D eigenvalue weighted by Crippen LogP contribution is 2.24. The van der Waals surface area contributed by atoms with Gasteiger partial charge in [0.25, 0.3) is 5.88 Å². The van der Waals surface area contributed by atoms with Crippen LogP contribution in [0.15, 0.2) is 41.9 Å². The second-order valence-corrected chi connectivity index (χ2v) is 4.35. The minimum atomic E-state index is -1.24. The molecule has 22 heavy (non-hydrogen) atoms. The first-order chi connectivity index (χ1) is 10.7. The van der Waals surface area contributed by atoms with Crippen LogP contribution in [0.4, 0.5) is 0 Å². The predicted molar refractivity (Wildman–Crippen MR) is 75.8 cm³/mol.